The molecule has 1 heterocycles. The van der Waals surface area contributed by atoms with Crippen molar-refractivity contribution in [2.24, 2.45) is 0 Å². The minimum atomic E-state index is -1.69. The third-order valence-corrected chi connectivity index (χ3v) is 4.59. The van der Waals surface area contributed by atoms with E-state index in [9.17, 15) is 14.3 Å². The third kappa shape index (κ3) is 4.87. The SMILES string of the molecule is O=[N+]([O-])c1ccc(C2CCN(CCCS(=O)O)CC2)cc1. The third-order valence-electron chi connectivity index (χ3n) is 3.96. The Labute approximate surface area is 126 Å². The molecular formula is C14H20N2O4S. The molecule has 1 aliphatic heterocycles. The molecule has 1 aliphatic rings. The van der Waals surface area contributed by atoms with Crippen LogP contribution in [0, 0.1) is 10.1 Å². The summed E-state index contributed by atoms with van der Waals surface area (Å²) in [5, 5.41) is 10.6. The molecule has 0 aromatic heterocycles. The summed E-state index contributed by atoms with van der Waals surface area (Å²) in [5.41, 5.74) is 1.30. The Hall–Kier alpha value is -1.31. The summed E-state index contributed by atoms with van der Waals surface area (Å²) in [4.78, 5) is 12.6. The van der Waals surface area contributed by atoms with E-state index in [-0.39, 0.29) is 10.6 Å². The van der Waals surface area contributed by atoms with E-state index in [1.807, 2.05) is 12.1 Å². The largest absolute Gasteiger partial charge is 0.306 e. The van der Waals surface area contributed by atoms with Crippen LogP contribution in [0.3, 0.4) is 0 Å². The van der Waals surface area contributed by atoms with E-state index in [1.165, 1.54) is 0 Å². The van der Waals surface area contributed by atoms with Crippen LogP contribution in [-0.2, 0) is 11.1 Å². The molecule has 1 unspecified atom stereocenters. The van der Waals surface area contributed by atoms with Crippen molar-refractivity contribution in [1.82, 2.24) is 4.90 Å². The van der Waals surface area contributed by atoms with Crippen LogP contribution in [0.2, 0.25) is 0 Å². The lowest BCUT2D eigenvalue weighted by Gasteiger charge is -2.32. The summed E-state index contributed by atoms with van der Waals surface area (Å²) in [6.45, 7) is 2.80. The number of nitro benzene ring substituents is 1. The van der Waals surface area contributed by atoms with E-state index in [4.69, 9.17) is 4.55 Å². The maximum Gasteiger partial charge on any atom is 0.269 e. The normalized spacial score (nSPS) is 18.5. The predicted octanol–water partition coefficient (Wildman–Crippen LogP) is 2.39. The minimum Gasteiger partial charge on any atom is -0.306 e. The number of likely N-dealkylation sites (tertiary alicyclic amines) is 1. The first-order valence-electron chi connectivity index (χ1n) is 7.10. The Kier molecular flexibility index (Phi) is 5.84. The van der Waals surface area contributed by atoms with Gasteiger partial charge in [0.05, 0.1) is 10.7 Å². The maximum atomic E-state index is 10.6. The standard InChI is InChI=1S/C14H20N2O4S/c17-16(18)14-4-2-12(3-5-14)13-6-9-15(10-7-13)8-1-11-21(19)20/h2-5,13H,1,6-11H2,(H,19,20). The molecular weight excluding hydrogens is 292 g/mol. The number of non-ortho nitro benzene ring substituents is 1. The molecule has 0 saturated carbocycles. The van der Waals surface area contributed by atoms with Gasteiger partial charge in [-0.15, -0.1) is 0 Å². The van der Waals surface area contributed by atoms with Crippen LogP contribution in [0.4, 0.5) is 5.69 Å². The highest BCUT2D eigenvalue weighted by molar-refractivity contribution is 7.79. The van der Waals surface area contributed by atoms with Gasteiger partial charge in [-0.1, -0.05) is 12.1 Å². The van der Waals surface area contributed by atoms with Crippen LogP contribution in [0.15, 0.2) is 24.3 Å². The average Bonchev–Trinajstić information content (AvgIpc) is 2.48. The molecule has 0 bridgehead atoms. The van der Waals surface area contributed by atoms with E-state index >= 15 is 0 Å². The Morgan fingerprint density at radius 1 is 1.29 bits per heavy atom. The number of hydrogen-bond donors (Lipinski definition) is 1. The Morgan fingerprint density at radius 2 is 1.90 bits per heavy atom. The summed E-state index contributed by atoms with van der Waals surface area (Å²) in [6.07, 6.45) is 2.80. The molecule has 0 radical (unpaired) electrons. The van der Waals surface area contributed by atoms with E-state index < -0.39 is 11.1 Å². The Morgan fingerprint density at radius 3 is 2.43 bits per heavy atom. The van der Waals surface area contributed by atoms with E-state index in [1.54, 1.807) is 12.1 Å². The summed E-state index contributed by atoms with van der Waals surface area (Å²) in [6, 6.07) is 6.84. The molecule has 1 aromatic rings. The van der Waals surface area contributed by atoms with Crippen molar-refractivity contribution in [3.8, 4) is 0 Å². The van der Waals surface area contributed by atoms with Gasteiger partial charge in [0.1, 0.15) is 0 Å². The van der Waals surface area contributed by atoms with Gasteiger partial charge in [-0.3, -0.25) is 10.1 Å². The van der Waals surface area contributed by atoms with Gasteiger partial charge in [-0.2, -0.15) is 0 Å². The summed E-state index contributed by atoms with van der Waals surface area (Å²) >= 11 is -1.69. The lowest BCUT2D eigenvalue weighted by molar-refractivity contribution is -0.384. The second kappa shape index (κ2) is 7.63. The first-order chi connectivity index (χ1) is 10.1. The number of benzene rings is 1. The van der Waals surface area contributed by atoms with Crippen molar-refractivity contribution >= 4 is 16.8 Å². The highest BCUT2D eigenvalue weighted by Gasteiger charge is 2.20. The van der Waals surface area contributed by atoms with Crippen molar-refractivity contribution in [3.05, 3.63) is 39.9 Å². The van der Waals surface area contributed by atoms with Crippen molar-refractivity contribution in [3.63, 3.8) is 0 Å². The summed E-state index contributed by atoms with van der Waals surface area (Å²) in [7, 11) is 0. The average molecular weight is 312 g/mol. The molecule has 1 aromatic carbocycles. The second-order valence-electron chi connectivity index (χ2n) is 5.34. The van der Waals surface area contributed by atoms with Crippen LogP contribution in [0.5, 0.6) is 0 Å². The van der Waals surface area contributed by atoms with E-state index in [0.717, 1.165) is 44.5 Å². The van der Waals surface area contributed by atoms with Gasteiger partial charge in [0.2, 0.25) is 0 Å². The van der Waals surface area contributed by atoms with Gasteiger partial charge in [0.25, 0.3) is 5.69 Å². The zero-order chi connectivity index (χ0) is 15.2. The molecule has 1 atom stereocenters. The van der Waals surface area contributed by atoms with Gasteiger partial charge in [-0.05, 0) is 50.4 Å². The molecule has 0 spiro atoms. The zero-order valence-corrected chi connectivity index (χ0v) is 12.6. The number of piperidine rings is 1. The van der Waals surface area contributed by atoms with Gasteiger partial charge >= 0.3 is 0 Å². The summed E-state index contributed by atoms with van der Waals surface area (Å²) in [5.74, 6) is 0.788. The number of hydrogen-bond acceptors (Lipinski definition) is 4. The zero-order valence-electron chi connectivity index (χ0n) is 11.8. The lowest BCUT2D eigenvalue weighted by atomic mass is 9.89. The fraction of sp³-hybridized carbons (Fsp3) is 0.571. The van der Waals surface area contributed by atoms with E-state index in [0.29, 0.717) is 11.7 Å². The van der Waals surface area contributed by atoms with Crippen molar-refractivity contribution < 1.29 is 13.7 Å². The first-order valence-corrected chi connectivity index (χ1v) is 8.38. The molecule has 0 amide bonds. The van der Waals surface area contributed by atoms with Gasteiger partial charge in [0, 0.05) is 12.1 Å². The van der Waals surface area contributed by atoms with Crippen LogP contribution in [0.1, 0.15) is 30.7 Å². The fourth-order valence-electron chi connectivity index (χ4n) is 2.77. The van der Waals surface area contributed by atoms with E-state index in [2.05, 4.69) is 4.90 Å². The van der Waals surface area contributed by atoms with Crippen LogP contribution >= 0.6 is 0 Å². The first kappa shape index (κ1) is 16.1. The van der Waals surface area contributed by atoms with Gasteiger partial charge < -0.3 is 9.45 Å². The monoisotopic (exact) mass is 312 g/mol. The number of rotatable bonds is 6. The molecule has 6 nitrogen and oxygen atoms in total. The highest BCUT2D eigenvalue weighted by atomic mass is 32.2. The second-order valence-corrected chi connectivity index (χ2v) is 6.39. The lowest BCUT2D eigenvalue weighted by Crippen LogP contribution is -2.34. The number of nitrogens with zero attached hydrogens (tertiary/aromatic N) is 2. The molecule has 1 saturated heterocycles. The Bertz CT molecular complexity index is 498. The molecule has 21 heavy (non-hydrogen) atoms. The maximum absolute atomic E-state index is 10.6. The quantitative estimate of drug-likeness (QED) is 0.495. The van der Waals surface area contributed by atoms with Gasteiger partial charge in [-0.25, -0.2) is 4.21 Å². The fourth-order valence-corrected chi connectivity index (χ4v) is 3.15. The predicted molar refractivity (Wildman–Crippen MR) is 81.8 cm³/mol. The molecule has 2 rings (SSSR count). The Balaban J connectivity index is 1.80. The molecule has 116 valence electrons. The molecule has 1 N–H and O–H groups in total. The van der Waals surface area contributed by atoms with Crippen molar-refractivity contribution in [2.75, 3.05) is 25.4 Å². The van der Waals surface area contributed by atoms with Crippen LogP contribution in [0.25, 0.3) is 0 Å². The van der Waals surface area contributed by atoms with Crippen LogP contribution < -0.4 is 0 Å². The topological polar surface area (TPSA) is 83.7 Å². The van der Waals surface area contributed by atoms with Crippen LogP contribution in [-0.4, -0.2) is 44.0 Å². The molecule has 0 aliphatic carbocycles. The van der Waals surface area contributed by atoms with Crippen molar-refractivity contribution in [1.29, 1.82) is 0 Å². The smallest absolute Gasteiger partial charge is 0.269 e. The minimum absolute atomic E-state index is 0.133. The molecule has 7 heteroatoms. The highest BCUT2D eigenvalue weighted by Crippen LogP contribution is 2.29. The van der Waals surface area contributed by atoms with Gasteiger partial charge in [0.15, 0.2) is 11.1 Å². The van der Waals surface area contributed by atoms with Crippen molar-refractivity contribution in [2.45, 2.75) is 25.2 Å². The summed E-state index contributed by atoms with van der Waals surface area (Å²) < 4.78 is 19.3. The molecule has 1 fully saturated rings. The number of nitro groups is 1.